The lowest BCUT2D eigenvalue weighted by atomic mass is 9.90. The van der Waals surface area contributed by atoms with Crippen molar-refractivity contribution in [1.82, 2.24) is 0 Å². The van der Waals surface area contributed by atoms with Gasteiger partial charge in [0.05, 0.1) is 11.2 Å². The molecule has 0 aromatic heterocycles. The molecule has 4 heteroatoms. The van der Waals surface area contributed by atoms with Gasteiger partial charge in [0.15, 0.2) is 0 Å². The van der Waals surface area contributed by atoms with Gasteiger partial charge in [0, 0.05) is 12.5 Å². The minimum absolute atomic E-state index is 0.219. The van der Waals surface area contributed by atoms with E-state index in [-0.39, 0.29) is 17.1 Å². The molecule has 1 saturated heterocycles. The highest BCUT2D eigenvalue weighted by Crippen LogP contribution is 2.45. The van der Waals surface area contributed by atoms with Crippen LogP contribution in [0.25, 0.3) is 11.1 Å². The third kappa shape index (κ3) is 2.41. The third-order valence-electron chi connectivity index (χ3n) is 5.59. The van der Waals surface area contributed by atoms with Crippen LogP contribution in [-0.2, 0) is 14.0 Å². The van der Waals surface area contributed by atoms with E-state index >= 15 is 0 Å². The van der Waals surface area contributed by atoms with Gasteiger partial charge >= 0.3 is 7.32 Å². The first kappa shape index (κ1) is 15.9. The quantitative estimate of drug-likeness (QED) is 0.784. The molecule has 4 rings (SSSR count). The van der Waals surface area contributed by atoms with Crippen molar-refractivity contribution in [2.45, 2.75) is 44.8 Å². The van der Waals surface area contributed by atoms with Gasteiger partial charge in [0.1, 0.15) is 0 Å². The van der Waals surface area contributed by atoms with Crippen LogP contribution in [0, 0.1) is 0 Å². The second-order valence-electron chi connectivity index (χ2n) is 7.61. The predicted octanol–water partition coefficient (Wildman–Crippen LogP) is 4.40. The summed E-state index contributed by atoms with van der Waals surface area (Å²) in [5.41, 5.74) is 4.49. The Hall–Kier alpha value is -1.62. The fraction of sp³-hybridized carbons (Fsp3) is 0.400. The average molecular weight is 322 g/mol. The molecular weight excluding hydrogens is 299 g/mol. The van der Waals surface area contributed by atoms with Crippen LogP contribution in [-0.4, -0.2) is 25.1 Å². The Morgan fingerprint density at radius 1 is 0.833 bits per heavy atom. The standard InChI is InChI=1S/C20H23BO3/c1-19(2)20(3,4)24-21(23-19)22-13-18-16-11-7-5-9-14(16)15-10-6-8-12-17(15)18/h5-12,18H,13H2,1-4H3. The Bertz CT molecular complexity index is 707. The summed E-state index contributed by atoms with van der Waals surface area (Å²) in [5, 5.41) is 0. The van der Waals surface area contributed by atoms with Crippen LogP contribution < -0.4 is 0 Å². The van der Waals surface area contributed by atoms with Crippen LogP contribution in [0.3, 0.4) is 0 Å². The van der Waals surface area contributed by atoms with Crippen molar-refractivity contribution < 1.29 is 14.0 Å². The smallest absolute Gasteiger partial charge is 0.385 e. The summed E-state index contributed by atoms with van der Waals surface area (Å²) < 4.78 is 17.9. The Kier molecular flexibility index (Phi) is 3.61. The highest BCUT2D eigenvalue weighted by Gasteiger charge is 2.53. The summed E-state index contributed by atoms with van der Waals surface area (Å²) in [5.74, 6) is 0.219. The zero-order valence-corrected chi connectivity index (χ0v) is 14.7. The summed E-state index contributed by atoms with van der Waals surface area (Å²) in [7, 11) is -0.616. The van der Waals surface area contributed by atoms with Crippen molar-refractivity contribution in [3.05, 3.63) is 59.7 Å². The van der Waals surface area contributed by atoms with E-state index in [0.29, 0.717) is 6.61 Å². The van der Waals surface area contributed by atoms with E-state index in [1.807, 2.05) is 27.7 Å². The topological polar surface area (TPSA) is 27.7 Å². The van der Waals surface area contributed by atoms with E-state index in [9.17, 15) is 0 Å². The van der Waals surface area contributed by atoms with Gasteiger partial charge in [-0.05, 0) is 49.9 Å². The molecule has 0 N–H and O–H groups in total. The zero-order valence-electron chi connectivity index (χ0n) is 14.7. The molecule has 1 heterocycles. The van der Waals surface area contributed by atoms with E-state index in [1.54, 1.807) is 0 Å². The maximum atomic E-state index is 6.03. The monoisotopic (exact) mass is 322 g/mol. The van der Waals surface area contributed by atoms with Gasteiger partial charge < -0.3 is 14.0 Å². The van der Waals surface area contributed by atoms with Crippen molar-refractivity contribution in [3.63, 3.8) is 0 Å². The highest BCUT2D eigenvalue weighted by atomic mass is 16.8. The number of fused-ring (bicyclic) bond motifs is 3. The summed E-state index contributed by atoms with van der Waals surface area (Å²) in [6.45, 7) is 8.70. The number of benzene rings is 2. The van der Waals surface area contributed by atoms with Crippen LogP contribution in [0.5, 0.6) is 0 Å². The van der Waals surface area contributed by atoms with Gasteiger partial charge in [-0.15, -0.1) is 0 Å². The summed E-state index contributed by atoms with van der Waals surface area (Å²) in [6, 6.07) is 17.1. The van der Waals surface area contributed by atoms with Crippen molar-refractivity contribution in [2.24, 2.45) is 0 Å². The van der Waals surface area contributed by atoms with E-state index in [2.05, 4.69) is 48.5 Å². The molecule has 1 fully saturated rings. The molecule has 0 saturated carbocycles. The molecule has 0 spiro atoms. The van der Waals surface area contributed by atoms with Crippen LogP contribution >= 0.6 is 0 Å². The van der Waals surface area contributed by atoms with E-state index < -0.39 is 7.32 Å². The Morgan fingerprint density at radius 2 is 1.29 bits per heavy atom. The first-order chi connectivity index (χ1) is 11.4. The van der Waals surface area contributed by atoms with Gasteiger partial charge in [0.2, 0.25) is 0 Å². The molecular formula is C20H23BO3. The molecule has 0 atom stereocenters. The van der Waals surface area contributed by atoms with Gasteiger partial charge in [-0.25, -0.2) is 0 Å². The van der Waals surface area contributed by atoms with Crippen LogP contribution in [0.15, 0.2) is 48.5 Å². The molecule has 1 aliphatic carbocycles. The predicted molar refractivity (Wildman–Crippen MR) is 95.8 cm³/mol. The van der Waals surface area contributed by atoms with Crippen molar-refractivity contribution in [1.29, 1.82) is 0 Å². The fourth-order valence-electron chi connectivity index (χ4n) is 3.47. The first-order valence-corrected chi connectivity index (χ1v) is 8.54. The molecule has 124 valence electrons. The maximum absolute atomic E-state index is 6.03. The second-order valence-corrected chi connectivity index (χ2v) is 7.61. The molecule has 0 amide bonds. The Morgan fingerprint density at radius 3 is 1.79 bits per heavy atom. The van der Waals surface area contributed by atoms with Crippen molar-refractivity contribution in [2.75, 3.05) is 6.61 Å². The molecule has 24 heavy (non-hydrogen) atoms. The lowest BCUT2D eigenvalue weighted by molar-refractivity contribution is 0.00578. The normalized spacial score (nSPS) is 20.9. The molecule has 2 aromatic carbocycles. The Balaban J connectivity index is 1.56. The van der Waals surface area contributed by atoms with Gasteiger partial charge in [-0.1, -0.05) is 48.5 Å². The number of rotatable bonds is 3. The largest absolute Gasteiger partial charge is 0.640 e. The molecule has 0 radical (unpaired) electrons. The van der Waals surface area contributed by atoms with Gasteiger partial charge in [-0.3, -0.25) is 0 Å². The summed E-state index contributed by atoms with van der Waals surface area (Å²) >= 11 is 0. The second kappa shape index (κ2) is 5.45. The maximum Gasteiger partial charge on any atom is 0.640 e. The summed E-state index contributed by atoms with van der Waals surface area (Å²) in [6.07, 6.45) is 0. The number of hydrogen-bond acceptors (Lipinski definition) is 3. The highest BCUT2D eigenvalue weighted by molar-refractivity contribution is 6.37. The van der Waals surface area contributed by atoms with Crippen molar-refractivity contribution >= 4 is 7.32 Å². The molecule has 1 aliphatic heterocycles. The minimum atomic E-state index is -0.616. The Labute approximate surface area is 144 Å². The third-order valence-corrected chi connectivity index (χ3v) is 5.59. The lowest BCUT2D eigenvalue weighted by Gasteiger charge is -2.31. The molecule has 2 aliphatic rings. The zero-order chi connectivity index (χ0) is 16.9. The van der Waals surface area contributed by atoms with E-state index in [0.717, 1.165) is 0 Å². The average Bonchev–Trinajstić information content (AvgIpc) is 2.96. The fourth-order valence-corrected chi connectivity index (χ4v) is 3.47. The van der Waals surface area contributed by atoms with E-state index in [4.69, 9.17) is 14.0 Å². The lowest BCUT2D eigenvalue weighted by Crippen LogP contribution is -2.41. The van der Waals surface area contributed by atoms with E-state index in [1.165, 1.54) is 22.3 Å². The van der Waals surface area contributed by atoms with Crippen LogP contribution in [0.1, 0.15) is 44.7 Å². The molecule has 0 unspecified atom stereocenters. The van der Waals surface area contributed by atoms with Crippen LogP contribution in [0.4, 0.5) is 0 Å². The molecule has 2 aromatic rings. The first-order valence-electron chi connectivity index (χ1n) is 8.54. The van der Waals surface area contributed by atoms with Crippen LogP contribution in [0.2, 0.25) is 0 Å². The summed E-state index contributed by atoms with van der Waals surface area (Å²) in [4.78, 5) is 0. The minimum Gasteiger partial charge on any atom is -0.385 e. The number of hydrogen-bond donors (Lipinski definition) is 0. The van der Waals surface area contributed by atoms with Gasteiger partial charge in [-0.2, -0.15) is 0 Å². The van der Waals surface area contributed by atoms with Gasteiger partial charge in [0.25, 0.3) is 0 Å². The molecule has 3 nitrogen and oxygen atoms in total. The SMILES string of the molecule is CC1(C)OB(OCC2c3ccccc3-c3ccccc32)OC1(C)C. The molecule has 0 bridgehead atoms. The van der Waals surface area contributed by atoms with Crippen molar-refractivity contribution in [3.8, 4) is 11.1 Å².